The van der Waals surface area contributed by atoms with Crippen LogP contribution in [0, 0.1) is 11.3 Å². The standard InChI is InChI=1S/C24H19F3N6O/c1-2-12-34-14-20-32-22(30-16-7-5-15(13-28)6-8-16)17-9-10-19(31-23(17)33-20)21-18(24(25,26)27)4-3-11-29-21/h3-11H,2,12,14H2,1H3,(H,30,31,32,33). The van der Waals surface area contributed by atoms with Crippen LogP contribution in [0.4, 0.5) is 24.7 Å². The molecule has 3 aromatic heterocycles. The van der Waals surface area contributed by atoms with E-state index in [0.717, 1.165) is 12.5 Å². The molecule has 4 rings (SSSR count). The van der Waals surface area contributed by atoms with Crippen molar-refractivity contribution < 1.29 is 17.9 Å². The van der Waals surface area contributed by atoms with Gasteiger partial charge in [-0.25, -0.2) is 15.0 Å². The van der Waals surface area contributed by atoms with Crippen LogP contribution in [-0.2, 0) is 17.5 Å². The van der Waals surface area contributed by atoms with E-state index in [1.54, 1.807) is 30.3 Å². The molecule has 0 aliphatic heterocycles. The number of nitriles is 1. The van der Waals surface area contributed by atoms with Gasteiger partial charge in [0.15, 0.2) is 11.5 Å². The van der Waals surface area contributed by atoms with Gasteiger partial charge in [-0.3, -0.25) is 4.98 Å². The summed E-state index contributed by atoms with van der Waals surface area (Å²) in [7, 11) is 0. The Hall–Kier alpha value is -4.10. The lowest BCUT2D eigenvalue weighted by atomic mass is 10.1. The molecule has 0 radical (unpaired) electrons. The number of benzene rings is 1. The van der Waals surface area contributed by atoms with Gasteiger partial charge in [-0.1, -0.05) is 6.92 Å². The Balaban J connectivity index is 1.80. The molecule has 3 heterocycles. The molecular formula is C24H19F3N6O. The highest BCUT2D eigenvalue weighted by Crippen LogP contribution is 2.36. The van der Waals surface area contributed by atoms with E-state index in [1.165, 1.54) is 18.3 Å². The summed E-state index contributed by atoms with van der Waals surface area (Å²) in [6.45, 7) is 2.60. The predicted molar refractivity (Wildman–Crippen MR) is 120 cm³/mol. The fourth-order valence-corrected chi connectivity index (χ4v) is 3.26. The van der Waals surface area contributed by atoms with Gasteiger partial charge >= 0.3 is 6.18 Å². The van der Waals surface area contributed by atoms with Crippen LogP contribution in [0.2, 0.25) is 0 Å². The summed E-state index contributed by atoms with van der Waals surface area (Å²) in [5.41, 5.74) is 0.280. The van der Waals surface area contributed by atoms with Gasteiger partial charge in [-0.2, -0.15) is 18.4 Å². The Morgan fingerprint density at radius 3 is 2.53 bits per heavy atom. The predicted octanol–water partition coefficient (Wildman–Crippen LogP) is 5.65. The van der Waals surface area contributed by atoms with Crippen molar-refractivity contribution in [2.45, 2.75) is 26.1 Å². The lowest BCUT2D eigenvalue weighted by Gasteiger charge is -2.13. The summed E-state index contributed by atoms with van der Waals surface area (Å²) in [5.74, 6) is 0.750. The number of fused-ring (bicyclic) bond motifs is 1. The van der Waals surface area contributed by atoms with Crippen molar-refractivity contribution in [1.29, 1.82) is 5.26 Å². The van der Waals surface area contributed by atoms with Gasteiger partial charge < -0.3 is 10.1 Å². The molecule has 172 valence electrons. The van der Waals surface area contributed by atoms with Crippen LogP contribution in [0.25, 0.3) is 22.4 Å². The van der Waals surface area contributed by atoms with Gasteiger partial charge in [0.2, 0.25) is 0 Å². The first kappa shape index (κ1) is 23.1. The van der Waals surface area contributed by atoms with Crippen LogP contribution in [0.5, 0.6) is 0 Å². The van der Waals surface area contributed by atoms with Crippen LogP contribution in [-0.4, -0.2) is 26.5 Å². The SMILES string of the molecule is CCCOCc1nc(Nc2ccc(C#N)cc2)c2ccc(-c3ncccc3C(F)(F)F)nc2n1. The molecule has 1 aromatic carbocycles. The Labute approximate surface area is 193 Å². The van der Waals surface area contributed by atoms with E-state index in [0.29, 0.717) is 34.9 Å². The van der Waals surface area contributed by atoms with E-state index in [-0.39, 0.29) is 23.6 Å². The second kappa shape index (κ2) is 9.80. The number of hydrogen-bond donors (Lipinski definition) is 1. The van der Waals surface area contributed by atoms with Crippen molar-refractivity contribution in [3.63, 3.8) is 0 Å². The maximum absolute atomic E-state index is 13.5. The molecule has 0 saturated carbocycles. The van der Waals surface area contributed by atoms with Gasteiger partial charge in [0.1, 0.15) is 18.1 Å². The van der Waals surface area contributed by atoms with Crippen molar-refractivity contribution in [2.75, 3.05) is 11.9 Å². The Morgan fingerprint density at radius 2 is 1.82 bits per heavy atom. The zero-order valence-electron chi connectivity index (χ0n) is 18.1. The smallest absolute Gasteiger partial charge is 0.373 e. The summed E-state index contributed by atoms with van der Waals surface area (Å²) in [6.07, 6.45) is -2.47. The number of nitrogens with one attached hydrogen (secondary N) is 1. The average Bonchev–Trinajstić information content (AvgIpc) is 2.84. The summed E-state index contributed by atoms with van der Waals surface area (Å²) >= 11 is 0. The normalized spacial score (nSPS) is 11.4. The number of alkyl halides is 3. The number of ether oxygens (including phenoxy) is 1. The molecular weight excluding hydrogens is 445 g/mol. The maximum Gasteiger partial charge on any atom is 0.418 e. The van der Waals surface area contributed by atoms with E-state index in [9.17, 15) is 13.2 Å². The lowest BCUT2D eigenvalue weighted by molar-refractivity contribution is -0.137. The van der Waals surface area contributed by atoms with Crippen molar-refractivity contribution >= 4 is 22.5 Å². The van der Waals surface area contributed by atoms with E-state index in [1.807, 2.05) is 6.92 Å². The van der Waals surface area contributed by atoms with E-state index < -0.39 is 11.7 Å². The molecule has 7 nitrogen and oxygen atoms in total. The second-order valence-electron chi connectivity index (χ2n) is 7.32. The van der Waals surface area contributed by atoms with Crippen LogP contribution in [0.1, 0.15) is 30.3 Å². The van der Waals surface area contributed by atoms with Gasteiger partial charge in [0.25, 0.3) is 0 Å². The molecule has 0 unspecified atom stereocenters. The monoisotopic (exact) mass is 464 g/mol. The van der Waals surface area contributed by atoms with Crippen molar-refractivity contribution in [1.82, 2.24) is 19.9 Å². The lowest BCUT2D eigenvalue weighted by Crippen LogP contribution is -2.09. The number of anilines is 2. The molecule has 10 heteroatoms. The van der Waals surface area contributed by atoms with Crippen LogP contribution >= 0.6 is 0 Å². The largest absolute Gasteiger partial charge is 0.418 e. The molecule has 0 bridgehead atoms. The maximum atomic E-state index is 13.5. The molecule has 4 aromatic rings. The third-order valence-electron chi connectivity index (χ3n) is 4.82. The van der Waals surface area contributed by atoms with Gasteiger partial charge in [0, 0.05) is 18.5 Å². The number of rotatable bonds is 7. The highest BCUT2D eigenvalue weighted by atomic mass is 19.4. The molecule has 1 N–H and O–H groups in total. The molecule has 0 aliphatic rings. The summed E-state index contributed by atoms with van der Waals surface area (Å²) < 4.78 is 46.1. The minimum absolute atomic E-state index is 0.0453. The summed E-state index contributed by atoms with van der Waals surface area (Å²) in [5, 5.41) is 12.7. The first-order chi connectivity index (χ1) is 16.4. The van der Waals surface area contributed by atoms with Crippen LogP contribution in [0.3, 0.4) is 0 Å². The number of hydrogen-bond acceptors (Lipinski definition) is 7. The molecule has 0 atom stereocenters. The highest BCUT2D eigenvalue weighted by molar-refractivity contribution is 5.90. The number of halogens is 3. The molecule has 34 heavy (non-hydrogen) atoms. The number of nitrogens with zero attached hydrogens (tertiary/aromatic N) is 5. The molecule has 0 amide bonds. The number of pyridine rings is 2. The first-order valence-corrected chi connectivity index (χ1v) is 10.4. The molecule has 0 fully saturated rings. The number of aromatic nitrogens is 4. The second-order valence-corrected chi connectivity index (χ2v) is 7.32. The van der Waals surface area contributed by atoms with Gasteiger partial charge in [-0.15, -0.1) is 0 Å². The fourth-order valence-electron chi connectivity index (χ4n) is 3.26. The zero-order valence-corrected chi connectivity index (χ0v) is 18.1. The summed E-state index contributed by atoms with van der Waals surface area (Å²) in [4.78, 5) is 17.2. The van der Waals surface area contributed by atoms with Crippen LogP contribution < -0.4 is 5.32 Å². The molecule has 0 spiro atoms. The third-order valence-corrected chi connectivity index (χ3v) is 4.82. The van der Waals surface area contributed by atoms with Crippen molar-refractivity contribution in [3.8, 4) is 17.5 Å². The van der Waals surface area contributed by atoms with Crippen LogP contribution in [0.15, 0.2) is 54.7 Å². The van der Waals surface area contributed by atoms with E-state index >= 15 is 0 Å². The first-order valence-electron chi connectivity index (χ1n) is 10.4. The average molecular weight is 464 g/mol. The van der Waals surface area contributed by atoms with E-state index in [2.05, 4.69) is 31.3 Å². The Kier molecular flexibility index (Phi) is 6.65. The Bertz CT molecular complexity index is 1350. The van der Waals surface area contributed by atoms with Crippen molar-refractivity contribution in [3.05, 3.63) is 71.7 Å². The Morgan fingerprint density at radius 1 is 1.03 bits per heavy atom. The molecule has 0 saturated heterocycles. The van der Waals surface area contributed by atoms with Gasteiger partial charge in [-0.05, 0) is 55.0 Å². The minimum Gasteiger partial charge on any atom is -0.373 e. The topological polar surface area (TPSA) is 96.6 Å². The van der Waals surface area contributed by atoms with Gasteiger partial charge in [0.05, 0.1) is 28.3 Å². The molecule has 0 aliphatic carbocycles. The highest BCUT2D eigenvalue weighted by Gasteiger charge is 2.34. The third kappa shape index (κ3) is 5.10. The van der Waals surface area contributed by atoms with E-state index in [4.69, 9.17) is 10.00 Å². The van der Waals surface area contributed by atoms with Crippen molar-refractivity contribution in [2.24, 2.45) is 0 Å². The fraction of sp³-hybridized carbons (Fsp3) is 0.208. The zero-order chi connectivity index (χ0) is 24.1. The quantitative estimate of drug-likeness (QED) is 0.353. The summed E-state index contributed by atoms with van der Waals surface area (Å²) in [6, 6.07) is 14.1. The minimum atomic E-state index is -4.58.